The molecule has 0 spiro atoms. The number of rotatable bonds is 3. The average Bonchev–Trinajstić information content (AvgIpc) is 2.72. The molecule has 0 aliphatic heterocycles. The van der Waals surface area contributed by atoms with Crippen LogP contribution in [0.4, 0.5) is 0 Å². The Morgan fingerprint density at radius 2 is 2.12 bits per heavy atom. The van der Waals surface area contributed by atoms with Gasteiger partial charge in [0.2, 0.25) is 0 Å². The zero-order valence-electron chi connectivity index (χ0n) is 8.00. The van der Waals surface area contributed by atoms with Crippen LogP contribution in [-0.4, -0.2) is 48.2 Å². The number of fused-ring (bicyclic) bond motifs is 1. The summed E-state index contributed by atoms with van der Waals surface area (Å²) in [5, 5.41) is 34.5. The lowest BCUT2D eigenvalue weighted by molar-refractivity contribution is -0.0166. The summed E-state index contributed by atoms with van der Waals surface area (Å²) < 4.78 is 0. The first-order chi connectivity index (χ1) is 7.65. The SMILES string of the molecule is OCC(O)C(O)c1[nH]nc2ncnc(Cl)c12. The van der Waals surface area contributed by atoms with Crippen LogP contribution in [0.1, 0.15) is 11.8 Å². The van der Waals surface area contributed by atoms with Gasteiger partial charge in [0.25, 0.3) is 0 Å². The van der Waals surface area contributed by atoms with Gasteiger partial charge in [0.15, 0.2) is 5.65 Å². The van der Waals surface area contributed by atoms with Gasteiger partial charge in [0, 0.05) is 0 Å². The number of aromatic nitrogens is 4. The molecule has 0 aliphatic rings. The number of aromatic amines is 1. The molecular weight excluding hydrogens is 236 g/mol. The molecule has 0 bridgehead atoms. The third-order valence-corrected chi connectivity index (χ3v) is 2.47. The minimum Gasteiger partial charge on any atom is -0.394 e. The van der Waals surface area contributed by atoms with Crippen molar-refractivity contribution in [1.82, 2.24) is 20.2 Å². The van der Waals surface area contributed by atoms with Gasteiger partial charge in [-0.3, -0.25) is 5.10 Å². The second-order valence-corrected chi connectivity index (χ2v) is 3.55. The Morgan fingerprint density at radius 1 is 1.38 bits per heavy atom. The van der Waals surface area contributed by atoms with E-state index in [1.54, 1.807) is 0 Å². The van der Waals surface area contributed by atoms with E-state index in [0.29, 0.717) is 11.0 Å². The lowest BCUT2D eigenvalue weighted by Crippen LogP contribution is -2.22. The molecule has 0 saturated carbocycles. The molecule has 7 nitrogen and oxygen atoms in total. The molecule has 0 amide bonds. The maximum absolute atomic E-state index is 9.70. The maximum atomic E-state index is 9.70. The van der Waals surface area contributed by atoms with E-state index in [1.807, 2.05) is 0 Å². The smallest absolute Gasteiger partial charge is 0.185 e. The Morgan fingerprint density at radius 3 is 2.81 bits per heavy atom. The lowest BCUT2D eigenvalue weighted by atomic mass is 10.1. The Hall–Kier alpha value is -1.28. The van der Waals surface area contributed by atoms with Crippen molar-refractivity contribution in [2.45, 2.75) is 12.2 Å². The highest BCUT2D eigenvalue weighted by atomic mass is 35.5. The Bertz CT molecular complexity index is 503. The fraction of sp³-hybridized carbons (Fsp3) is 0.375. The van der Waals surface area contributed by atoms with E-state index in [9.17, 15) is 10.2 Å². The van der Waals surface area contributed by atoms with E-state index in [0.717, 1.165) is 0 Å². The van der Waals surface area contributed by atoms with Crippen LogP contribution in [0.25, 0.3) is 11.0 Å². The molecule has 0 fully saturated rings. The van der Waals surface area contributed by atoms with Crippen molar-refractivity contribution in [1.29, 1.82) is 0 Å². The summed E-state index contributed by atoms with van der Waals surface area (Å²) in [5.74, 6) is 0. The molecule has 0 aliphatic carbocycles. The summed E-state index contributed by atoms with van der Waals surface area (Å²) in [6.45, 7) is -0.576. The van der Waals surface area contributed by atoms with Crippen molar-refractivity contribution in [3.8, 4) is 0 Å². The van der Waals surface area contributed by atoms with E-state index < -0.39 is 18.8 Å². The van der Waals surface area contributed by atoms with Crippen molar-refractivity contribution < 1.29 is 15.3 Å². The summed E-state index contributed by atoms with van der Waals surface area (Å²) in [5.41, 5.74) is 0.473. The zero-order chi connectivity index (χ0) is 11.7. The Balaban J connectivity index is 2.53. The van der Waals surface area contributed by atoms with Crippen LogP contribution in [0, 0.1) is 0 Å². The zero-order valence-corrected chi connectivity index (χ0v) is 8.76. The minimum atomic E-state index is -1.32. The highest BCUT2D eigenvalue weighted by Gasteiger charge is 2.23. The first-order valence-corrected chi connectivity index (χ1v) is 4.84. The second-order valence-electron chi connectivity index (χ2n) is 3.20. The first-order valence-electron chi connectivity index (χ1n) is 4.46. The molecule has 8 heteroatoms. The molecule has 0 aromatic carbocycles. The second kappa shape index (κ2) is 4.30. The van der Waals surface area contributed by atoms with E-state index in [-0.39, 0.29) is 10.8 Å². The predicted molar refractivity (Wildman–Crippen MR) is 54.7 cm³/mol. The third kappa shape index (κ3) is 1.74. The molecule has 0 radical (unpaired) electrons. The van der Waals surface area contributed by atoms with Gasteiger partial charge < -0.3 is 15.3 Å². The summed E-state index contributed by atoms with van der Waals surface area (Å²) in [7, 11) is 0. The van der Waals surface area contributed by atoms with Crippen molar-refractivity contribution >= 4 is 22.6 Å². The average molecular weight is 245 g/mol. The van der Waals surface area contributed by atoms with Crippen LogP contribution < -0.4 is 0 Å². The van der Waals surface area contributed by atoms with Crippen molar-refractivity contribution in [2.24, 2.45) is 0 Å². The molecule has 0 saturated heterocycles. The summed E-state index contributed by atoms with van der Waals surface area (Å²) >= 11 is 5.83. The number of halogens is 1. The van der Waals surface area contributed by atoms with Gasteiger partial charge in [0.05, 0.1) is 17.7 Å². The summed E-state index contributed by atoms with van der Waals surface area (Å²) in [4.78, 5) is 7.58. The molecule has 86 valence electrons. The first kappa shape index (κ1) is 11.2. The van der Waals surface area contributed by atoms with Gasteiger partial charge in [-0.2, -0.15) is 5.10 Å². The van der Waals surface area contributed by atoms with E-state index in [2.05, 4.69) is 20.2 Å². The molecule has 2 unspecified atom stereocenters. The summed E-state index contributed by atoms with van der Waals surface area (Å²) in [6, 6.07) is 0. The van der Waals surface area contributed by atoms with Crippen LogP contribution in [0.5, 0.6) is 0 Å². The highest BCUT2D eigenvalue weighted by Crippen LogP contribution is 2.27. The molecule has 2 aromatic rings. The fourth-order valence-corrected chi connectivity index (χ4v) is 1.58. The number of nitrogens with zero attached hydrogens (tertiary/aromatic N) is 3. The van der Waals surface area contributed by atoms with Gasteiger partial charge >= 0.3 is 0 Å². The van der Waals surface area contributed by atoms with Gasteiger partial charge in [-0.05, 0) is 0 Å². The van der Waals surface area contributed by atoms with Gasteiger partial charge in [-0.25, -0.2) is 9.97 Å². The molecule has 16 heavy (non-hydrogen) atoms. The Labute approximate surface area is 94.7 Å². The van der Waals surface area contributed by atoms with Crippen molar-refractivity contribution in [3.63, 3.8) is 0 Å². The normalized spacial score (nSPS) is 15.2. The molecule has 4 N–H and O–H groups in total. The van der Waals surface area contributed by atoms with Crippen molar-refractivity contribution in [2.75, 3.05) is 6.61 Å². The van der Waals surface area contributed by atoms with Crippen LogP contribution in [0.2, 0.25) is 5.15 Å². The monoisotopic (exact) mass is 244 g/mol. The fourth-order valence-electron chi connectivity index (χ4n) is 1.35. The molecule has 2 aromatic heterocycles. The quantitative estimate of drug-likeness (QED) is 0.536. The minimum absolute atomic E-state index is 0.123. The summed E-state index contributed by atoms with van der Waals surface area (Å²) in [6.07, 6.45) is -1.40. The molecule has 2 rings (SSSR count). The number of hydrogen-bond acceptors (Lipinski definition) is 6. The predicted octanol–water partition coefficient (Wildman–Crippen LogP) is -0.607. The van der Waals surface area contributed by atoms with Crippen molar-refractivity contribution in [3.05, 3.63) is 17.2 Å². The van der Waals surface area contributed by atoms with Crippen LogP contribution in [0.3, 0.4) is 0 Å². The number of H-pyrrole nitrogens is 1. The number of aliphatic hydroxyl groups is 3. The topological polar surface area (TPSA) is 115 Å². The third-order valence-electron chi connectivity index (χ3n) is 2.18. The van der Waals surface area contributed by atoms with Crippen LogP contribution >= 0.6 is 11.6 Å². The molecule has 2 heterocycles. The van der Waals surface area contributed by atoms with Crippen LogP contribution in [-0.2, 0) is 0 Å². The van der Waals surface area contributed by atoms with E-state index in [1.165, 1.54) is 6.33 Å². The molecule has 2 atom stereocenters. The number of nitrogens with one attached hydrogen (secondary N) is 1. The number of hydrogen-bond donors (Lipinski definition) is 4. The molecular formula is C8H9ClN4O3. The van der Waals surface area contributed by atoms with Gasteiger partial charge in [-0.15, -0.1) is 0 Å². The van der Waals surface area contributed by atoms with Gasteiger partial charge in [0.1, 0.15) is 23.7 Å². The van der Waals surface area contributed by atoms with Crippen LogP contribution in [0.15, 0.2) is 6.33 Å². The van der Waals surface area contributed by atoms with E-state index in [4.69, 9.17) is 16.7 Å². The largest absolute Gasteiger partial charge is 0.394 e. The highest BCUT2D eigenvalue weighted by molar-refractivity contribution is 6.34. The maximum Gasteiger partial charge on any atom is 0.185 e. The Kier molecular flexibility index (Phi) is 3.01. The van der Waals surface area contributed by atoms with Gasteiger partial charge in [-0.1, -0.05) is 11.6 Å². The van der Waals surface area contributed by atoms with E-state index >= 15 is 0 Å². The standard InChI is InChI=1S/C8H9ClN4O3/c9-7-4-5(6(16)3(15)1-14)12-13-8(4)11-2-10-7/h2-3,6,14-16H,1H2,(H,10,11,12,13). The number of aliphatic hydroxyl groups excluding tert-OH is 3. The lowest BCUT2D eigenvalue weighted by Gasteiger charge is -2.13.